The van der Waals surface area contributed by atoms with Gasteiger partial charge in [0, 0.05) is 67.9 Å². The number of aromatic amines is 1. The first-order chi connectivity index (χ1) is 41.2. The van der Waals surface area contributed by atoms with Gasteiger partial charge < -0.3 is 60.1 Å². The summed E-state index contributed by atoms with van der Waals surface area (Å²) in [5.41, 5.74) is 10.1. The molecule has 0 spiro atoms. The van der Waals surface area contributed by atoms with Gasteiger partial charge in [0.05, 0.1) is 24.6 Å². The Kier molecular flexibility index (Phi) is 20.5. The van der Waals surface area contributed by atoms with E-state index in [4.69, 9.17) is 19.5 Å². The SMILES string of the molecule is CCOP(=O)(OCC)C(=O)c1ccc2[nH]c(C(=O)N[C@H]3CN(C(=O)C4CCC(CCc5ccc6c(c5)N(C)COCN6C5CCC(=O)NC5=O)CC4)CC[C@H]4CC[C@@H](C(=O)N[C@@H](CCC(N)=O)C(=O)NCc5ccc(C(C)C)cc5)N4C3=O)cc2c1. The molecule has 462 valence electrons. The number of nitrogens with zero attached hydrogens (tertiary/aromatic N) is 4. The summed E-state index contributed by atoms with van der Waals surface area (Å²) in [6.45, 7) is 8.07. The lowest BCUT2D eigenvalue weighted by atomic mass is 9.79. The van der Waals surface area contributed by atoms with Crippen LogP contribution in [0.3, 0.4) is 0 Å². The van der Waals surface area contributed by atoms with Crippen LogP contribution < -0.4 is 36.8 Å². The fourth-order valence-corrected chi connectivity index (χ4v) is 14.1. The maximum Gasteiger partial charge on any atom is 0.401 e. The maximum atomic E-state index is 15.2. The molecule has 86 heavy (non-hydrogen) atoms. The molecule has 0 bridgehead atoms. The summed E-state index contributed by atoms with van der Waals surface area (Å²) < 4.78 is 29.9. The van der Waals surface area contributed by atoms with Gasteiger partial charge in [-0.1, -0.05) is 44.2 Å². The Hall–Kier alpha value is -7.46. The van der Waals surface area contributed by atoms with Gasteiger partial charge in [-0.05, 0) is 149 Å². The third-order valence-corrected chi connectivity index (χ3v) is 19.3. The molecule has 23 nitrogen and oxygen atoms in total. The number of ether oxygens (including phenoxy) is 1. The van der Waals surface area contributed by atoms with Gasteiger partial charge in [-0.25, -0.2) is 0 Å². The fourth-order valence-electron chi connectivity index (χ4n) is 12.6. The number of benzene rings is 3. The van der Waals surface area contributed by atoms with Crippen molar-refractivity contribution in [2.24, 2.45) is 17.6 Å². The lowest BCUT2D eigenvalue weighted by Crippen LogP contribution is -2.62. The van der Waals surface area contributed by atoms with E-state index in [9.17, 15) is 42.9 Å². The molecule has 3 aromatic carbocycles. The number of H-pyrrole nitrogens is 1. The number of carbonyl (C=O) groups is 9. The third-order valence-electron chi connectivity index (χ3n) is 17.4. The Labute approximate surface area is 501 Å². The van der Waals surface area contributed by atoms with E-state index >= 15 is 4.79 Å². The van der Waals surface area contributed by atoms with Crippen molar-refractivity contribution in [3.05, 3.63) is 94.7 Å². The number of hydrogen-bond acceptors (Lipinski definition) is 15. The molecule has 9 rings (SSSR count). The fraction of sp³-hybridized carbons (Fsp3) is 0.532. The number of amides is 8. The van der Waals surface area contributed by atoms with E-state index in [0.29, 0.717) is 61.6 Å². The lowest BCUT2D eigenvalue weighted by molar-refractivity contribution is -0.147. The van der Waals surface area contributed by atoms with Crippen LogP contribution in [0.1, 0.15) is 148 Å². The van der Waals surface area contributed by atoms with Gasteiger partial charge in [0.15, 0.2) is 0 Å². The van der Waals surface area contributed by atoms with Gasteiger partial charge in [0.1, 0.15) is 43.3 Å². The number of imide groups is 1. The number of carbonyl (C=O) groups excluding carboxylic acids is 9. The van der Waals surface area contributed by atoms with Gasteiger partial charge in [0.2, 0.25) is 41.4 Å². The molecule has 1 aromatic heterocycles. The summed E-state index contributed by atoms with van der Waals surface area (Å²) >= 11 is 0. The van der Waals surface area contributed by atoms with Crippen molar-refractivity contribution in [2.75, 3.05) is 56.6 Å². The minimum atomic E-state index is -4.17. The van der Waals surface area contributed by atoms with E-state index in [-0.39, 0.29) is 100 Å². The first-order valence-electron chi connectivity index (χ1n) is 30.2. The third kappa shape index (κ3) is 14.7. The van der Waals surface area contributed by atoms with Crippen molar-refractivity contribution in [2.45, 2.75) is 154 Å². The Balaban J connectivity index is 0.897. The molecule has 1 unspecified atom stereocenters. The van der Waals surface area contributed by atoms with E-state index in [1.165, 1.54) is 23.1 Å². The largest absolute Gasteiger partial charge is 0.401 e. The van der Waals surface area contributed by atoms with E-state index in [2.05, 4.69) is 52.2 Å². The molecule has 0 radical (unpaired) electrons. The highest BCUT2D eigenvalue weighted by Gasteiger charge is 2.47. The van der Waals surface area contributed by atoms with E-state index < -0.39 is 72.9 Å². The molecule has 5 atom stereocenters. The van der Waals surface area contributed by atoms with Crippen molar-refractivity contribution in [3.63, 3.8) is 0 Å². The molecule has 4 aromatic rings. The number of fused-ring (bicyclic) bond motifs is 3. The lowest BCUT2D eigenvalue weighted by Gasteiger charge is -2.40. The molecule has 24 heteroatoms. The van der Waals surface area contributed by atoms with Gasteiger partial charge in [0.25, 0.3) is 11.4 Å². The van der Waals surface area contributed by atoms with Crippen molar-refractivity contribution < 1.29 is 61.5 Å². The van der Waals surface area contributed by atoms with Gasteiger partial charge in [-0.3, -0.25) is 53.0 Å². The Morgan fingerprint density at radius 3 is 2.27 bits per heavy atom. The van der Waals surface area contributed by atoms with E-state index in [1.54, 1.807) is 24.8 Å². The maximum absolute atomic E-state index is 15.2. The van der Waals surface area contributed by atoms with Crippen molar-refractivity contribution in [3.8, 4) is 0 Å². The summed E-state index contributed by atoms with van der Waals surface area (Å²) in [6, 6.07) is 15.4. The van der Waals surface area contributed by atoms with Crippen LogP contribution in [-0.2, 0) is 64.9 Å². The summed E-state index contributed by atoms with van der Waals surface area (Å²) in [7, 11) is -2.23. The Bertz CT molecular complexity index is 3240. The normalized spacial score (nSPS) is 22.3. The van der Waals surface area contributed by atoms with Crippen molar-refractivity contribution in [1.82, 2.24) is 36.1 Å². The number of primary amides is 1. The molecule has 3 saturated heterocycles. The first-order valence-corrected chi connectivity index (χ1v) is 31.7. The summed E-state index contributed by atoms with van der Waals surface area (Å²) in [6.07, 6.45) is 5.94. The van der Waals surface area contributed by atoms with Crippen molar-refractivity contribution >= 4 is 82.7 Å². The van der Waals surface area contributed by atoms with Crippen LogP contribution in [0.25, 0.3) is 10.9 Å². The number of nitrogens with one attached hydrogen (secondary N) is 5. The minimum Gasteiger partial charge on any atom is -0.370 e. The molecule has 1 aliphatic carbocycles. The molecule has 4 fully saturated rings. The van der Waals surface area contributed by atoms with Gasteiger partial charge in [-0.15, -0.1) is 0 Å². The topological polar surface area (TPSA) is 301 Å². The first kappa shape index (κ1) is 63.1. The predicted molar refractivity (Wildman–Crippen MR) is 320 cm³/mol. The summed E-state index contributed by atoms with van der Waals surface area (Å²) in [5.74, 6) is -3.47. The highest BCUT2D eigenvalue weighted by molar-refractivity contribution is 7.72. The summed E-state index contributed by atoms with van der Waals surface area (Å²) in [4.78, 5) is 133. The van der Waals surface area contributed by atoms with Gasteiger partial charge in [-0.2, -0.15) is 0 Å². The van der Waals surface area contributed by atoms with Crippen LogP contribution >= 0.6 is 7.60 Å². The average molecular weight is 1210 g/mol. The number of nitrogens with two attached hydrogens (primary N) is 1. The number of aryl methyl sites for hydroxylation is 1. The zero-order valence-electron chi connectivity index (χ0n) is 49.7. The van der Waals surface area contributed by atoms with Crippen LogP contribution in [-0.4, -0.2) is 145 Å². The number of piperidine rings is 1. The molecule has 4 aliphatic heterocycles. The Morgan fingerprint density at radius 1 is 0.837 bits per heavy atom. The van der Waals surface area contributed by atoms with Crippen molar-refractivity contribution in [1.29, 1.82) is 0 Å². The quantitative estimate of drug-likeness (QED) is 0.0395. The summed E-state index contributed by atoms with van der Waals surface area (Å²) in [5, 5.41) is 11.5. The zero-order chi connectivity index (χ0) is 61.4. The van der Waals surface area contributed by atoms with Crippen LogP contribution in [0, 0.1) is 11.8 Å². The smallest absolute Gasteiger partial charge is 0.370 e. The molecular weight excluding hydrogens is 1120 g/mol. The molecule has 5 heterocycles. The molecule has 5 aliphatic rings. The standard InChI is InChI=1S/C62H81N10O13P/c1-6-84-86(82,85-7-2)62(81)43-19-21-46-44(31-43)32-48(65-46)57(76)67-49-34-70(29-28-45-20-24-52(72(45)61(49)80)59(78)66-47(22-26-54(63)73)56(75)64-33-40-12-15-41(16-13-40)37(3)4)60(79)42-17-10-38(11-18-42)8-9-39-14-23-50-53(30-39)69(5)35-83-36-71(50)51-25-27-55(74)68-58(51)77/h12-16,19,21,23,30-32,37-38,42,45,47,49,51-52,65H,6-11,17-18,20,22,24-29,33-36H2,1-5H3,(H2,63,73)(H,64,75)(H,66,78)(H,67,76)(H,68,74,77)/t38?,42?,45-,47+,49+,51?,52+/m1/s1. The number of aromatic nitrogens is 1. The zero-order valence-corrected chi connectivity index (χ0v) is 50.6. The highest BCUT2D eigenvalue weighted by atomic mass is 31.2. The second-order valence-corrected chi connectivity index (χ2v) is 25.5. The molecule has 7 N–H and O–H groups in total. The van der Waals surface area contributed by atoms with Crippen LogP contribution in [0.4, 0.5) is 11.4 Å². The number of hydrogen-bond donors (Lipinski definition) is 6. The van der Waals surface area contributed by atoms with E-state index in [0.717, 1.165) is 53.7 Å². The molecule has 1 saturated carbocycles. The van der Waals surface area contributed by atoms with Crippen LogP contribution in [0.2, 0.25) is 0 Å². The monoisotopic (exact) mass is 1200 g/mol. The van der Waals surface area contributed by atoms with Crippen LogP contribution in [0.15, 0.2) is 66.7 Å². The second-order valence-electron chi connectivity index (χ2n) is 23.6. The second kappa shape index (κ2) is 27.9. The highest BCUT2D eigenvalue weighted by Crippen LogP contribution is 2.51. The number of anilines is 2. The van der Waals surface area contributed by atoms with E-state index in [1.807, 2.05) is 47.2 Å². The average Bonchev–Trinajstić information content (AvgIpc) is 2.12. The van der Waals surface area contributed by atoms with Crippen LogP contribution in [0.5, 0.6) is 0 Å². The number of rotatable bonds is 22. The molecular formula is C62H81N10O13P. The van der Waals surface area contributed by atoms with Gasteiger partial charge >= 0.3 is 7.60 Å². The minimum absolute atomic E-state index is 0.0257. The predicted octanol–water partition coefficient (Wildman–Crippen LogP) is 5.89. The Morgan fingerprint density at radius 2 is 1.57 bits per heavy atom. The molecule has 8 amide bonds.